The summed E-state index contributed by atoms with van der Waals surface area (Å²) in [6.45, 7) is 1.40. The van der Waals surface area contributed by atoms with E-state index in [9.17, 15) is 0 Å². The molecular weight excluding hydrogens is 446 g/mol. The van der Waals surface area contributed by atoms with Crippen molar-refractivity contribution in [1.29, 1.82) is 0 Å². The fourth-order valence-electron chi connectivity index (χ4n) is 3.51. The van der Waals surface area contributed by atoms with Crippen LogP contribution in [-0.4, -0.2) is 49.7 Å². The molecule has 0 aliphatic heterocycles. The van der Waals surface area contributed by atoms with Crippen LogP contribution in [0.25, 0.3) is 16.8 Å². The van der Waals surface area contributed by atoms with Crippen molar-refractivity contribution in [3.63, 3.8) is 0 Å². The van der Waals surface area contributed by atoms with Gasteiger partial charge in [-0.3, -0.25) is 4.68 Å². The molecule has 0 bridgehead atoms. The highest BCUT2D eigenvalue weighted by atomic mass is 16.5. The predicted molar refractivity (Wildman–Crippen MR) is 131 cm³/mol. The minimum absolute atomic E-state index is 0.411. The molecule has 5 rings (SSSR count). The van der Waals surface area contributed by atoms with Gasteiger partial charge in [0.15, 0.2) is 5.65 Å². The van der Waals surface area contributed by atoms with Crippen molar-refractivity contribution in [2.45, 2.75) is 6.61 Å². The molecular formula is C25H25N7O3. The van der Waals surface area contributed by atoms with Crippen molar-refractivity contribution >= 4 is 17.3 Å². The Kier molecular flexibility index (Phi) is 6.53. The number of fused-ring (bicyclic) bond motifs is 1. The molecule has 4 heterocycles. The number of nitrogens with zero attached hydrogens (tertiary/aromatic N) is 6. The smallest absolute Gasteiger partial charge is 0.247 e. The van der Waals surface area contributed by atoms with E-state index >= 15 is 0 Å². The van der Waals surface area contributed by atoms with Crippen molar-refractivity contribution in [1.82, 2.24) is 29.4 Å². The molecule has 0 saturated carbocycles. The van der Waals surface area contributed by atoms with Gasteiger partial charge < -0.3 is 19.5 Å². The summed E-state index contributed by atoms with van der Waals surface area (Å²) in [5.41, 5.74) is 4.53. The van der Waals surface area contributed by atoms with Gasteiger partial charge in [0.1, 0.15) is 19.0 Å². The Hall–Kier alpha value is -4.44. The molecule has 5 aromatic rings. The lowest BCUT2D eigenvalue weighted by molar-refractivity contribution is 0.143. The molecule has 4 aromatic heterocycles. The van der Waals surface area contributed by atoms with E-state index in [1.54, 1.807) is 28.7 Å². The summed E-state index contributed by atoms with van der Waals surface area (Å²) in [5.74, 6) is 1.84. The second kappa shape index (κ2) is 10.2. The van der Waals surface area contributed by atoms with E-state index in [0.717, 1.165) is 33.8 Å². The summed E-state index contributed by atoms with van der Waals surface area (Å²) in [5, 5.41) is 11.9. The van der Waals surface area contributed by atoms with Gasteiger partial charge in [0.25, 0.3) is 0 Å². The van der Waals surface area contributed by atoms with E-state index in [1.165, 1.54) is 0 Å². The Morgan fingerprint density at radius 2 is 1.86 bits per heavy atom. The fourth-order valence-corrected chi connectivity index (χ4v) is 3.51. The first-order valence-electron chi connectivity index (χ1n) is 11.1. The highest BCUT2D eigenvalue weighted by Gasteiger charge is 2.11. The SMILES string of the molecule is COCCOc1ccc(COc2ccc(-c3cccn4nc(Nc5cnn(C)c5)nc34)cc2)cn1. The molecule has 0 unspecified atom stereocenters. The second-order valence-electron chi connectivity index (χ2n) is 7.81. The molecule has 10 nitrogen and oxygen atoms in total. The van der Waals surface area contributed by atoms with Gasteiger partial charge in [0.2, 0.25) is 11.8 Å². The molecule has 0 spiro atoms. The van der Waals surface area contributed by atoms with Crippen molar-refractivity contribution < 1.29 is 14.2 Å². The second-order valence-corrected chi connectivity index (χ2v) is 7.81. The highest BCUT2D eigenvalue weighted by Crippen LogP contribution is 2.27. The van der Waals surface area contributed by atoms with Gasteiger partial charge in [-0.25, -0.2) is 9.50 Å². The van der Waals surface area contributed by atoms with E-state index in [1.807, 2.05) is 68.0 Å². The molecule has 0 fully saturated rings. The third-order valence-corrected chi connectivity index (χ3v) is 5.23. The van der Waals surface area contributed by atoms with Gasteiger partial charge >= 0.3 is 0 Å². The zero-order valence-electron chi connectivity index (χ0n) is 19.5. The molecule has 1 N–H and O–H groups in total. The number of pyridine rings is 2. The molecule has 0 amide bonds. The maximum Gasteiger partial charge on any atom is 0.247 e. The van der Waals surface area contributed by atoms with Crippen molar-refractivity contribution in [3.05, 3.63) is 78.9 Å². The van der Waals surface area contributed by atoms with Gasteiger partial charge in [0.05, 0.1) is 18.5 Å². The average molecular weight is 472 g/mol. The van der Waals surface area contributed by atoms with Crippen LogP contribution >= 0.6 is 0 Å². The number of hydrogen-bond donors (Lipinski definition) is 1. The Labute approximate surface area is 202 Å². The number of anilines is 2. The summed E-state index contributed by atoms with van der Waals surface area (Å²) in [6.07, 6.45) is 7.22. The largest absolute Gasteiger partial charge is 0.489 e. The Bertz CT molecular complexity index is 1400. The first-order valence-corrected chi connectivity index (χ1v) is 11.1. The van der Waals surface area contributed by atoms with Crippen LogP contribution < -0.4 is 14.8 Å². The van der Waals surface area contributed by atoms with Gasteiger partial charge in [-0.15, -0.1) is 5.10 Å². The lowest BCUT2D eigenvalue weighted by atomic mass is 10.1. The first-order chi connectivity index (χ1) is 17.2. The predicted octanol–water partition coefficient (Wildman–Crippen LogP) is 3.87. The van der Waals surface area contributed by atoms with Crippen molar-refractivity contribution in [2.75, 3.05) is 25.6 Å². The van der Waals surface area contributed by atoms with Crippen LogP contribution in [0.15, 0.2) is 73.3 Å². The molecule has 10 heteroatoms. The van der Waals surface area contributed by atoms with E-state index in [2.05, 4.69) is 25.5 Å². The van der Waals surface area contributed by atoms with Crippen LogP contribution in [0.1, 0.15) is 5.56 Å². The number of nitrogens with one attached hydrogen (secondary N) is 1. The summed E-state index contributed by atoms with van der Waals surface area (Å²) in [6, 6.07) is 15.7. The maximum atomic E-state index is 5.93. The summed E-state index contributed by atoms with van der Waals surface area (Å²) in [4.78, 5) is 8.96. The van der Waals surface area contributed by atoms with Crippen LogP contribution in [0.5, 0.6) is 11.6 Å². The molecule has 1 aromatic carbocycles. The number of aryl methyl sites for hydroxylation is 1. The number of hydrogen-bond acceptors (Lipinski definition) is 8. The summed E-state index contributed by atoms with van der Waals surface area (Å²) < 4.78 is 19.9. The van der Waals surface area contributed by atoms with Crippen LogP contribution in [0.2, 0.25) is 0 Å². The van der Waals surface area contributed by atoms with Crippen molar-refractivity contribution in [3.8, 4) is 22.8 Å². The van der Waals surface area contributed by atoms with E-state index in [0.29, 0.717) is 31.6 Å². The van der Waals surface area contributed by atoms with Gasteiger partial charge in [-0.1, -0.05) is 12.1 Å². The average Bonchev–Trinajstić information content (AvgIpc) is 3.49. The third kappa shape index (κ3) is 5.39. The molecule has 0 aliphatic rings. The molecule has 0 atom stereocenters. The summed E-state index contributed by atoms with van der Waals surface area (Å²) >= 11 is 0. The van der Waals surface area contributed by atoms with Gasteiger partial charge in [-0.05, 0) is 35.9 Å². The standard InChI is InChI=1S/C25H25N7O3/c1-31-16-20(15-27-31)28-25-29-24-22(4-3-11-32(24)30-25)19-6-8-21(9-7-19)35-17-18-5-10-23(26-14-18)34-13-12-33-2/h3-11,14-16H,12-13,17H2,1-2H3,(H,28,30). The fraction of sp³-hybridized carbons (Fsp3) is 0.200. The summed E-state index contributed by atoms with van der Waals surface area (Å²) in [7, 11) is 3.50. The van der Waals surface area contributed by atoms with E-state index < -0.39 is 0 Å². The van der Waals surface area contributed by atoms with Gasteiger partial charge in [0, 0.05) is 49.9 Å². The number of benzene rings is 1. The van der Waals surface area contributed by atoms with Crippen molar-refractivity contribution in [2.24, 2.45) is 7.05 Å². The van der Waals surface area contributed by atoms with E-state index in [4.69, 9.17) is 14.2 Å². The zero-order chi connectivity index (χ0) is 24.0. The molecule has 0 aliphatic carbocycles. The number of methoxy groups -OCH3 is 1. The first kappa shape index (κ1) is 22.4. The molecule has 178 valence electrons. The number of aromatic nitrogens is 6. The van der Waals surface area contributed by atoms with E-state index in [-0.39, 0.29) is 0 Å². The quantitative estimate of drug-likeness (QED) is 0.306. The van der Waals surface area contributed by atoms with Gasteiger partial charge in [-0.2, -0.15) is 10.1 Å². The van der Waals surface area contributed by atoms with Crippen LogP contribution in [-0.2, 0) is 18.4 Å². The minimum atomic E-state index is 0.411. The van der Waals surface area contributed by atoms with Crippen LogP contribution in [0, 0.1) is 0 Å². The number of rotatable bonds is 10. The lowest BCUT2D eigenvalue weighted by Crippen LogP contribution is -2.05. The monoisotopic (exact) mass is 471 g/mol. The topological polar surface area (TPSA) is 101 Å². The van der Waals surface area contributed by atoms with Crippen LogP contribution in [0.3, 0.4) is 0 Å². The normalized spacial score (nSPS) is 11.0. The third-order valence-electron chi connectivity index (χ3n) is 5.23. The minimum Gasteiger partial charge on any atom is -0.489 e. The zero-order valence-corrected chi connectivity index (χ0v) is 19.5. The Balaban J connectivity index is 1.25. The van der Waals surface area contributed by atoms with Crippen LogP contribution in [0.4, 0.5) is 11.6 Å². The Morgan fingerprint density at radius 1 is 0.971 bits per heavy atom. The lowest BCUT2D eigenvalue weighted by Gasteiger charge is -2.09. The molecule has 0 saturated heterocycles. The molecule has 35 heavy (non-hydrogen) atoms. The molecule has 0 radical (unpaired) electrons. The number of ether oxygens (including phenoxy) is 3. The highest BCUT2D eigenvalue weighted by molar-refractivity contribution is 5.78. The Morgan fingerprint density at radius 3 is 2.60 bits per heavy atom. The maximum absolute atomic E-state index is 5.93.